The molecular weight excluding hydrogens is 409 g/mol. The minimum absolute atomic E-state index is 0.0785. The molecule has 0 atom stereocenters. The van der Waals surface area contributed by atoms with Gasteiger partial charge in [0.15, 0.2) is 6.67 Å². The van der Waals surface area contributed by atoms with Crippen molar-refractivity contribution in [1.82, 2.24) is 4.57 Å². The summed E-state index contributed by atoms with van der Waals surface area (Å²) in [4.78, 5) is 11.6. The number of nitrogens with zero attached hydrogens (tertiary/aromatic N) is 1. The van der Waals surface area contributed by atoms with Crippen LogP contribution >= 0.6 is 0 Å². The van der Waals surface area contributed by atoms with Gasteiger partial charge in [0.05, 0.1) is 0 Å². The first-order valence-electron chi connectivity index (χ1n) is 8.45. The SMILES string of the molecule is O=C(O)c1cc2ccccc2n1Cc1cccc(NCS(=O)(=O)C(F)(F)CF)c1. The van der Waals surface area contributed by atoms with Gasteiger partial charge in [-0.3, -0.25) is 0 Å². The summed E-state index contributed by atoms with van der Waals surface area (Å²) in [6.07, 6.45) is 0. The van der Waals surface area contributed by atoms with Crippen LogP contribution in [-0.2, 0) is 16.4 Å². The molecule has 1 heterocycles. The van der Waals surface area contributed by atoms with Crippen molar-refractivity contribution < 1.29 is 31.5 Å². The number of hydrogen-bond donors (Lipinski definition) is 2. The topological polar surface area (TPSA) is 88.4 Å². The summed E-state index contributed by atoms with van der Waals surface area (Å²) in [6.45, 7) is -2.13. The first kappa shape index (κ1) is 20.7. The minimum atomic E-state index is -5.02. The summed E-state index contributed by atoms with van der Waals surface area (Å²) in [5, 5.41) is 8.12. The number of carboxylic acids is 1. The van der Waals surface area contributed by atoms with Crippen molar-refractivity contribution in [3.63, 3.8) is 0 Å². The van der Waals surface area contributed by atoms with Gasteiger partial charge in [0.25, 0.3) is 0 Å². The fourth-order valence-electron chi connectivity index (χ4n) is 2.89. The average Bonchev–Trinajstić information content (AvgIpc) is 3.05. The van der Waals surface area contributed by atoms with E-state index in [1.807, 2.05) is 0 Å². The fourth-order valence-corrected chi connectivity index (χ4v) is 3.62. The Morgan fingerprint density at radius 2 is 1.83 bits per heavy atom. The van der Waals surface area contributed by atoms with E-state index in [2.05, 4.69) is 5.32 Å². The first-order chi connectivity index (χ1) is 13.6. The van der Waals surface area contributed by atoms with Crippen molar-refractivity contribution in [1.29, 1.82) is 0 Å². The molecule has 10 heteroatoms. The molecule has 0 saturated heterocycles. The van der Waals surface area contributed by atoms with Gasteiger partial charge in [0.2, 0.25) is 9.84 Å². The molecule has 1 aromatic heterocycles. The number of hydrogen-bond acceptors (Lipinski definition) is 4. The van der Waals surface area contributed by atoms with Crippen molar-refractivity contribution in [2.45, 2.75) is 11.8 Å². The Morgan fingerprint density at radius 1 is 1.10 bits per heavy atom. The molecular formula is C19H17F3N2O4S. The van der Waals surface area contributed by atoms with Crippen LogP contribution in [0.15, 0.2) is 54.6 Å². The van der Waals surface area contributed by atoms with Crippen LogP contribution in [0.1, 0.15) is 16.1 Å². The van der Waals surface area contributed by atoms with Crippen LogP contribution < -0.4 is 5.32 Å². The predicted octanol–water partition coefficient (Wildman–Crippen LogP) is 3.73. The molecule has 0 amide bonds. The van der Waals surface area contributed by atoms with Gasteiger partial charge in [0, 0.05) is 23.1 Å². The Labute approximate surface area is 164 Å². The quantitative estimate of drug-likeness (QED) is 0.573. The second kappa shape index (κ2) is 7.78. The van der Waals surface area contributed by atoms with E-state index in [9.17, 15) is 31.5 Å². The smallest absolute Gasteiger partial charge is 0.374 e. The highest BCUT2D eigenvalue weighted by atomic mass is 32.2. The van der Waals surface area contributed by atoms with E-state index >= 15 is 0 Å². The molecule has 2 N–H and O–H groups in total. The molecule has 6 nitrogen and oxygen atoms in total. The van der Waals surface area contributed by atoms with Crippen molar-refractivity contribution in [2.75, 3.05) is 17.9 Å². The van der Waals surface area contributed by atoms with Crippen LogP contribution in [0.2, 0.25) is 0 Å². The lowest BCUT2D eigenvalue weighted by Crippen LogP contribution is -2.35. The molecule has 0 aliphatic carbocycles. The van der Waals surface area contributed by atoms with Crippen molar-refractivity contribution in [2.24, 2.45) is 0 Å². The second-order valence-electron chi connectivity index (χ2n) is 6.39. The largest absolute Gasteiger partial charge is 0.477 e. The van der Waals surface area contributed by atoms with Crippen molar-refractivity contribution >= 4 is 32.4 Å². The number of para-hydroxylation sites is 1. The normalized spacial score (nSPS) is 12.2. The van der Waals surface area contributed by atoms with E-state index in [4.69, 9.17) is 0 Å². The highest BCUT2D eigenvalue weighted by Crippen LogP contribution is 2.25. The summed E-state index contributed by atoms with van der Waals surface area (Å²) in [5.41, 5.74) is 1.63. The molecule has 29 heavy (non-hydrogen) atoms. The highest BCUT2D eigenvalue weighted by molar-refractivity contribution is 7.92. The first-order valence-corrected chi connectivity index (χ1v) is 10.1. The Kier molecular flexibility index (Phi) is 5.56. The maximum Gasteiger partial charge on any atom is 0.374 e. The van der Waals surface area contributed by atoms with Crippen LogP contribution in [0, 0.1) is 0 Å². The third kappa shape index (κ3) is 4.21. The molecule has 0 unspecified atom stereocenters. The number of alkyl halides is 3. The number of rotatable bonds is 8. The number of carbonyl (C=O) groups is 1. The summed E-state index contributed by atoms with van der Waals surface area (Å²) >= 11 is 0. The monoisotopic (exact) mass is 426 g/mol. The predicted molar refractivity (Wildman–Crippen MR) is 103 cm³/mol. The van der Waals surface area contributed by atoms with E-state index in [0.717, 1.165) is 5.39 Å². The molecule has 3 aromatic rings. The number of benzene rings is 2. The maximum atomic E-state index is 13.2. The highest BCUT2D eigenvalue weighted by Gasteiger charge is 2.44. The molecule has 0 fully saturated rings. The van der Waals surface area contributed by atoms with Gasteiger partial charge in [-0.1, -0.05) is 30.3 Å². The third-order valence-electron chi connectivity index (χ3n) is 4.37. The van der Waals surface area contributed by atoms with Gasteiger partial charge >= 0.3 is 11.2 Å². The summed E-state index contributed by atoms with van der Waals surface area (Å²) < 4.78 is 63.3. The molecule has 0 spiro atoms. The van der Waals surface area contributed by atoms with E-state index in [1.54, 1.807) is 47.0 Å². The van der Waals surface area contributed by atoms with Gasteiger partial charge < -0.3 is 15.0 Å². The standard InChI is InChI=1S/C19H17F3N2O4S/c20-11-19(21,22)29(27,28)12-23-15-6-3-4-13(8-15)10-24-16-7-2-1-5-14(16)9-17(24)18(25)26/h1-9,23H,10-12H2,(H,25,26). The number of halogens is 3. The maximum absolute atomic E-state index is 13.2. The van der Waals surface area contributed by atoms with Crippen molar-refractivity contribution in [3.05, 3.63) is 65.9 Å². The van der Waals surface area contributed by atoms with Gasteiger partial charge in [-0.15, -0.1) is 0 Å². The summed E-state index contributed by atoms with van der Waals surface area (Å²) in [6, 6.07) is 14.9. The molecule has 2 aromatic carbocycles. The Hall–Kier alpha value is -3.01. The van der Waals surface area contributed by atoms with Gasteiger partial charge in [-0.05, 0) is 29.8 Å². The molecule has 0 saturated carbocycles. The van der Waals surface area contributed by atoms with E-state index < -0.39 is 33.6 Å². The lowest BCUT2D eigenvalue weighted by Gasteiger charge is -2.15. The molecule has 0 aliphatic heterocycles. The van der Waals surface area contributed by atoms with Crippen LogP contribution in [-0.4, -0.2) is 41.9 Å². The molecule has 0 radical (unpaired) electrons. The third-order valence-corrected chi connectivity index (χ3v) is 5.92. The average molecular weight is 426 g/mol. The second-order valence-corrected chi connectivity index (χ2v) is 8.50. The van der Waals surface area contributed by atoms with E-state index in [1.165, 1.54) is 12.1 Å². The van der Waals surface area contributed by atoms with E-state index in [0.29, 0.717) is 11.1 Å². The number of anilines is 1. The number of carboxylic acid groups (broad SMARTS) is 1. The van der Waals surface area contributed by atoms with Gasteiger partial charge in [0.1, 0.15) is 11.6 Å². The van der Waals surface area contributed by atoms with Crippen molar-refractivity contribution in [3.8, 4) is 0 Å². The molecule has 0 aliphatic rings. The van der Waals surface area contributed by atoms with Gasteiger partial charge in [-0.25, -0.2) is 17.6 Å². The molecule has 0 bridgehead atoms. The number of nitrogens with one attached hydrogen (secondary N) is 1. The van der Waals surface area contributed by atoms with Crippen LogP contribution in [0.5, 0.6) is 0 Å². The minimum Gasteiger partial charge on any atom is -0.477 e. The number of aromatic carboxylic acids is 1. The molecule has 154 valence electrons. The lowest BCUT2D eigenvalue weighted by molar-refractivity contribution is 0.0622. The van der Waals surface area contributed by atoms with Crippen LogP contribution in [0.4, 0.5) is 18.9 Å². The summed E-state index contributed by atoms with van der Waals surface area (Å²) in [7, 11) is -5.02. The zero-order chi connectivity index (χ0) is 21.2. The number of fused-ring (bicyclic) bond motifs is 1. The Morgan fingerprint density at radius 3 is 2.52 bits per heavy atom. The van der Waals surface area contributed by atoms with Gasteiger partial charge in [-0.2, -0.15) is 8.78 Å². The Balaban J connectivity index is 1.86. The number of aromatic nitrogens is 1. The van der Waals surface area contributed by atoms with E-state index in [-0.39, 0.29) is 17.9 Å². The zero-order valence-corrected chi connectivity index (χ0v) is 15.8. The summed E-state index contributed by atoms with van der Waals surface area (Å²) in [5.74, 6) is -2.24. The zero-order valence-electron chi connectivity index (χ0n) is 15.0. The Bertz CT molecular complexity index is 1160. The van der Waals surface area contributed by atoms with Crippen LogP contribution in [0.3, 0.4) is 0 Å². The lowest BCUT2D eigenvalue weighted by atomic mass is 10.2. The fraction of sp³-hybridized carbons (Fsp3) is 0.211. The molecule has 3 rings (SSSR count). The van der Waals surface area contributed by atoms with Crippen LogP contribution in [0.25, 0.3) is 10.9 Å². The number of sulfone groups is 1.